The Hall–Kier alpha value is -4.36. The summed E-state index contributed by atoms with van der Waals surface area (Å²) in [7, 11) is 0. The Morgan fingerprint density at radius 1 is 1.25 bits per heavy atom. The number of benzene rings is 2. The van der Waals surface area contributed by atoms with Crippen molar-refractivity contribution in [2.24, 2.45) is 5.73 Å². The van der Waals surface area contributed by atoms with Crippen molar-refractivity contribution in [3.8, 4) is 16.9 Å². The van der Waals surface area contributed by atoms with Crippen molar-refractivity contribution in [1.29, 1.82) is 0 Å². The van der Waals surface area contributed by atoms with Crippen molar-refractivity contribution in [2.75, 3.05) is 30.3 Å². The van der Waals surface area contributed by atoms with Crippen molar-refractivity contribution in [1.82, 2.24) is 15.3 Å². The van der Waals surface area contributed by atoms with Crippen LogP contribution < -0.4 is 32.0 Å². The number of nitro benzene ring substituents is 1. The van der Waals surface area contributed by atoms with Crippen LogP contribution in [0.4, 0.5) is 26.5 Å². The number of carbonyl (C=O) groups excluding carboxylic acids is 1. The largest absolute Gasteiger partial charge is 0.494 e. The summed E-state index contributed by atoms with van der Waals surface area (Å²) in [5.74, 6) is -0.397. The molecule has 0 atom stereocenters. The second-order valence-corrected chi connectivity index (χ2v) is 7.55. The highest BCUT2D eigenvalue weighted by molar-refractivity contribution is 6.00. The molecule has 0 aliphatic carbocycles. The highest BCUT2D eigenvalue weighted by Crippen LogP contribution is 2.29. The predicted molar refractivity (Wildman–Crippen MR) is 133 cm³/mol. The Balaban J connectivity index is 1.69. The fourth-order valence-corrected chi connectivity index (χ4v) is 3.26. The van der Waals surface area contributed by atoms with Crippen LogP contribution in [-0.4, -0.2) is 40.6 Å². The number of nitrogens with zero attached hydrogens (tertiary/aromatic N) is 2. The number of amides is 2. The van der Waals surface area contributed by atoms with Gasteiger partial charge in [-0.1, -0.05) is 12.1 Å². The summed E-state index contributed by atoms with van der Waals surface area (Å²) in [6.07, 6.45) is 1.97. The number of aromatic nitrogens is 2. The van der Waals surface area contributed by atoms with Gasteiger partial charge in [-0.3, -0.25) is 25.2 Å². The van der Waals surface area contributed by atoms with Crippen LogP contribution in [0.3, 0.4) is 0 Å². The van der Waals surface area contributed by atoms with E-state index in [0.29, 0.717) is 37.4 Å². The SMILES string of the molecule is CCOc1ccc(NC(=O)Nc2ncc(-c3ccc(CNCCCN)c(F)c3)c(=O)[nH]2)c([N+](=O)[O-])c1. The third kappa shape index (κ3) is 6.84. The molecule has 0 saturated heterocycles. The van der Waals surface area contributed by atoms with Crippen molar-refractivity contribution in [3.05, 3.63) is 74.4 Å². The quantitative estimate of drug-likeness (QED) is 0.152. The van der Waals surface area contributed by atoms with Gasteiger partial charge in [0.2, 0.25) is 5.95 Å². The van der Waals surface area contributed by atoms with Crippen molar-refractivity contribution < 1.29 is 18.8 Å². The first-order valence-electron chi connectivity index (χ1n) is 11.1. The molecule has 190 valence electrons. The zero-order valence-corrected chi connectivity index (χ0v) is 19.5. The van der Waals surface area contributed by atoms with Crippen LogP contribution in [-0.2, 0) is 6.54 Å². The molecule has 2 aromatic carbocycles. The van der Waals surface area contributed by atoms with Crippen LogP contribution in [0.1, 0.15) is 18.9 Å². The van der Waals surface area contributed by atoms with E-state index in [1.807, 2.05) is 0 Å². The van der Waals surface area contributed by atoms with Crippen LogP contribution in [0.25, 0.3) is 11.1 Å². The minimum atomic E-state index is -0.865. The van der Waals surface area contributed by atoms with E-state index in [9.17, 15) is 24.1 Å². The van der Waals surface area contributed by atoms with Crippen molar-refractivity contribution in [3.63, 3.8) is 0 Å². The van der Waals surface area contributed by atoms with E-state index in [-0.39, 0.29) is 28.6 Å². The minimum Gasteiger partial charge on any atom is -0.494 e. The van der Waals surface area contributed by atoms with E-state index in [4.69, 9.17) is 10.5 Å². The van der Waals surface area contributed by atoms with Crippen LogP contribution in [0.2, 0.25) is 0 Å². The lowest BCUT2D eigenvalue weighted by Crippen LogP contribution is -2.23. The van der Waals surface area contributed by atoms with Gasteiger partial charge in [-0.05, 0) is 50.2 Å². The Bertz CT molecular complexity index is 1300. The number of rotatable bonds is 11. The molecule has 0 fully saturated rings. The number of H-pyrrole nitrogens is 1. The lowest BCUT2D eigenvalue weighted by molar-refractivity contribution is -0.384. The van der Waals surface area contributed by atoms with Gasteiger partial charge in [-0.15, -0.1) is 0 Å². The van der Waals surface area contributed by atoms with Gasteiger partial charge >= 0.3 is 6.03 Å². The number of carbonyl (C=O) groups is 1. The maximum Gasteiger partial charge on any atom is 0.326 e. The fourth-order valence-electron chi connectivity index (χ4n) is 3.26. The Kier molecular flexibility index (Phi) is 9.02. The standard InChI is InChI=1S/C23H26FN7O5/c1-2-36-16-6-7-19(20(11-16)31(34)35)28-23(33)30-22-27-13-17(21(32)29-22)14-4-5-15(18(24)10-14)12-26-9-3-8-25/h4-7,10-11,13,26H,2-3,8-9,12,25H2,1H3,(H3,27,28,29,30,32,33). The lowest BCUT2D eigenvalue weighted by atomic mass is 10.1. The van der Waals surface area contributed by atoms with Gasteiger partial charge in [0.05, 0.1) is 23.2 Å². The summed E-state index contributed by atoms with van der Waals surface area (Å²) in [6, 6.07) is 7.53. The zero-order chi connectivity index (χ0) is 26.1. The van der Waals surface area contributed by atoms with Gasteiger partial charge in [-0.2, -0.15) is 0 Å². The number of nitrogens with one attached hydrogen (secondary N) is 4. The number of ether oxygens (including phenoxy) is 1. The van der Waals surface area contributed by atoms with Crippen LogP contribution in [0.15, 0.2) is 47.4 Å². The molecule has 13 heteroatoms. The summed E-state index contributed by atoms with van der Waals surface area (Å²) < 4.78 is 19.7. The molecule has 6 N–H and O–H groups in total. The van der Waals surface area contributed by atoms with Gasteiger partial charge in [0.15, 0.2) is 0 Å². The summed E-state index contributed by atoms with van der Waals surface area (Å²) in [5, 5.41) is 19.1. The number of hydrogen-bond donors (Lipinski definition) is 5. The van der Waals surface area contributed by atoms with Gasteiger partial charge in [-0.25, -0.2) is 14.2 Å². The van der Waals surface area contributed by atoms with Gasteiger partial charge in [0.1, 0.15) is 17.3 Å². The molecule has 3 aromatic rings. The second-order valence-electron chi connectivity index (χ2n) is 7.55. The summed E-state index contributed by atoms with van der Waals surface area (Å²) in [4.78, 5) is 42.0. The van der Waals surface area contributed by atoms with Gasteiger partial charge in [0.25, 0.3) is 11.2 Å². The average Bonchev–Trinajstić information content (AvgIpc) is 2.83. The maximum absolute atomic E-state index is 14.5. The Morgan fingerprint density at radius 2 is 2.06 bits per heavy atom. The van der Waals surface area contributed by atoms with E-state index in [1.165, 1.54) is 30.5 Å². The highest BCUT2D eigenvalue weighted by Gasteiger charge is 2.18. The number of urea groups is 1. The van der Waals surface area contributed by atoms with E-state index in [0.717, 1.165) is 6.42 Å². The topological polar surface area (TPSA) is 177 Å². The Morgan fingerprint density at radius 3 is 2.72 bits per heavy atom. The van der Waals surface area contributed by atoms with Crippen LogP contribution in [0.5, 0.6) is 5.75 Å². The lowest BCUT2D eigenvalue weighted by Gasteiger charge is -2.10. The molecule has 12 nitrogen and oxygen atoms in total. The van der Waals surface area contributed by atoms with E-state index in [2.05, 4.69) is 25.9 Å². The van der Waals surface area contributed by atoms with Gasteiger partial charge < -0.3 is 21.1 Å². The number of hydrogen-bond acceptors (Lipinski definition) is 8. The minimum absolute atomic E-state index is 0.0759. The predicted octanol–water partition coefficient (Wildman–Crippen LogP) is 2.97. The molecule has 0 radical (unpaired) electrons. The first-order valence-corrected chi connectivity index (χ1v) is 11.1. The third-order valence-electron chi connectivity index (χ3n) is 4.99. The molecule has 0 aliphatic heterocycles. The number of anilines is 2. The monoisotopic (exact) mass is 499 g/mol. The van der Waals surface area contributed by atoms with Crippen LogP contribution >= 0.6 is 0 Å². The first-order chi connectivity index (χ1) is 17.3. The Labute approximate surface area is 205 Å². The second kappa shape index (κ2) is 12.4. The normalized spacial score (nSPS) is 10.6. The molecule has 36 heavy (non-hydrogen) atoms. The third-order valence-corrected chi connectivity index (χ3v) is 4.99. The number of halogens is 1. The highest BCUT2D eigenvalue weighted by atomic mass is 19.1. The summed E-state index contributed by atoms with van der Waals surface area (Å²) in [6.45, 7) is 3.58. The smallest absolute Gasteiger partial charge is 0.326 e. The number of aromatic amines is 1. The van der Waals surface area contributed by atoms with Gasteiger partial charge in [0, 0.05) is 18.3 Å². The number of nitrogens with two attached hydrogens (primary N) is 1. The molecule has 0 bridgehead atoms. The number of nitro groups is 1. The molecule has 1 aromatic heterocycles. The molecule has 3 rings (SSSR count). The molecular formula is C23H26FN7O5. The molecular weight excluding hydrogens is 473 g/mol. The molecule has 0 spiro atoms. The molecule has 1 heterocycles. The van der Waals surface area contributed by atoms with E-state index >= 15 is 0 Å². The molecule has 0 aliphatic rings. The zero-order valence-electron chi connectivity index (χ0n) is 19.5. The average molecular weight is 500 g/mol. The van der Waals surface area contributed by atoms with E-state index < -0.39 is 22.3 Å². The molecule has 0 unspecified atom stereocenters. The summed E-state index contributed by atoms with van der Waals surface area (Å²) >= 11 is 0. The van der Waals surface area contributed by atoms with Crippen molar-refractivity contribution in [2.45, 2.75) is 19.9 Å². The first kappa shape index (κ1) is 26.2. The maximum atomic E-state index is 14.5. The molecule has 0 saturated carbocycles. The molecule has 2 amide bonds. The summed E-state index contributed by atoms with van der Waals surface area (Å²) in [5.41, 5.74) is 5.23. The van der Waals surface area contributed by atoms with Crippen molar-refractivity contribution >= 4 is 23.4 Å². The fraction of sp³-hybridized carbons (Fsp3) is 0.261. The van der Waals surface area contributed by atoms with E-state index in [1.54, 1.807) is 19.1 Å². The van der Waals surface area contributed by atoms with Crippen LogP contribution in [0, 0.1) is 15.9 Å².